The molecule has 1 aromatic carbocycles. The highest BCUT2D eigenvalue weighted by molar-refractivity contribution is 5.85. The predicted molar refractivity (Wildman–Crippen MR) is 461 cm³/mol. The summed E-state index contributed by atoms with van der Waals surface area (Å²) in [5.41, 5.74) is 0.756. The van der Waals surface area contributed by atoms with Crippen LogP contribution in [0.2, 0.25) is 0 Å². The monoisotopic (exact) mass is 1890 g/mol. The first kappa shape index (κ1) is 114. The lowest BCUT2D eigenvalue weighted by Gasteiger charge is -2.44. The van der Waals surface area contributed by atoms with Crippen molar-refractivity contribution in [2.45, 2.75) is 309 Å². The third-order valence-electron chi connectivity index (χ3n) is 20.1. The summed E-state index contributed by atoms with van der Waals surface area (Å²) in [6, 6.07) is 4.28. The maximum Gasteiger partial charge on any atom is 0.407 e. The number of aldehydes is 1. The molecule has 46 nitrogen and oxygen atoms in total. The third-order valence-corrected chi connectivity index (χ3v) is 20.1. The normalized spacial score (nSPS) is 21.7. The van der Waals surface area contributed by atoms with E-state index in [0.29, 0.717) is 70.5 Å². The maximum atomic E-state index is 14.7. The second kappa shape index (κ2) is 63.9. The van der Waals surface area contributed by atoms with Gasteiger partial charge >= 0.3 is 59.8 Å². The smallest absolute Gasteiger partial charge is 0.407 e. The Balaban J connectivity index is 1.44. The summed E-state index contributed by atoms with van der Waals surface area (Å²) in [7, 11) is 0. The zero-order chi connectivity index (χ0) is 98.3. The molecule has 0 aliphatic carbocycles. The number of ether oxygens (including phenoxy) is 16. The average Bonchev–Trinajstić information content (AvgIpc) is 0.794. The molecule has 9 amide bonds. The van der Waals surface area contributed by atoms with Crippen LogP contribution in [0, 0.1) is 0 Å². The molecule has 3 fully saturated rings. The summed E-state index contributed by atoms with van der Waals surface area (Å²) in [6.07, 6.45) is -11.4. The molecule has 0 saturated carbocycles. The molecule has 3 aliphatic heterocycles. The maximum absolute atomic E-state index is 14.7. The van der Waals surface area contributed by atoms with Crippen molar-refractivity contribution in [3.63, 3.8) is 0 Å². The number of hydrogen-bond donors (Lipinski definition) is 10. The lowest BCUT2D eigenvalue weighted by Crippen LogP contribution is -2.66. The van der Waals surface area contributed by atoms with E-state index < -0.39 is 220 Å². The fraction of sp³-hybridized carbons (Fsp3) is 0.713. The number of nitrogens with one attached hydrogen (secondary N) is 10. The van der Waals surface area contributed by atoms with E-state index in [9.17, 15) is 91.1 Å². The third kappa shape index (κ3) is 47.3. The largest absolute Gasteiger partial charge is 0.463 e. The number of hydrogen-bond acceptors (Lipinski definition) is 37. The fourth-order valence-corrected chi connectivity index (χ4v) is 14.4. The highest BCUT2D eigenvalue weighted by Gasteiger charge is 2.55. The predicted octanol–water partition coefficient (Wildman–Crippen LogP) is 0.319. The molecule has 133 heavy (non-hydrogen) atoms. The number of alkyl carbamates (subject to hydrolysis) is 1. The Morgan fingerprint density at radius 3 is 1.02 bits per heavy atom. The lowest BCUT2D eigenvalue weighted by atomic mass is 9.96. The summed E-state index contributed by atoms with van der Waals surface area (Å²) in [5, 5.41) is 27.9. The van der Waals surface area contributed by atoms with Gasteiger partial charge in [-0.3, -0.25) is 91.7 Å². The Kier molecular flexibility index (Phi) is 54.8. The second-order valence-corrected chi connectivity index (χ2v) is 31.7. The first-order chi connectivity index (χ1) is 63.3. The van der Waals surface area contributed by atoms with Crippen molar-refractivity contribution in [2.24, 2.45) is 0 Å². The van der Waals surface area contributed by atoms with E-state index in [4.69, 9.17) is 75.8 Å². The van der Waals surface area contributed by atoms with Crippen molar-refractivity contribution in [1.29, 1.82) is 0 Å². The van der Waals surface area contributed by atoms with Gasteiger partial charge in [-0.05, 0) is 89.2 Å². The Labute approximate surface area is 772 Å². The minimum atomic E-state index is -1.32. The quantitative estimate of drug-likeness (QED) is 0.0138. The van der Waals surface area contributed by atoms with Crippen molar-refractivity contribution in [3.05, 3.63) is 35.9 Å². The summed E-state index contributed by atoms with van der Waals surface area (Å²) >= 11 is 0. The minimum Gasteiger partial charge on any atom is -0.463 e. The van der Waals surface area contributed by atoms with Crippen molar-refractivity contribution in [3.8, 4) is 0 Å². The summed E-state index contributed by atoms with van der Waals surface area (Å²) < 4.78 is 90.1. The van der Waals surface area contributed by atoms with Gasteiger partial charge in [0.25, 0.3) is 0 Å². The number of rotatable bonds is 62. The zero-order valence-electron chi connectivity index (χ0n) is 77.8. The molecule has 46 heteroatoms. The number of carbonyl (C=O) groups excluding carboxylic acids is 19. The van der Waals surface area contributed by atoms with E-state index in [-0.39, 0.29) is 141 Å². The van der Waals surface area contributed by atoms with Gasteiger partial charge in [-0.1, -0.05) is 49.6 Å². The first-order valence-corrected chi connectivity index (χ1v) is 44.7. The van der Waals surface area contributed by atoms with Crippen LogP contribution >= 0.6 is 0 Å². The van der Waals surface area contributed by atoms with Crippen molar-refractivity contribution >= 4 is 113 Å². The number of nitrogens with zero attached hydrogens (tertiary/aromatic N) is 1. The van der Waals surface area contributed by atoms with Crippen LogP contribution in [-0.4, -0.2) is 314 Å². The fourth-order valence-electron chi connectivity index (χ4n) is 14.4. The molecule has 10 N–H and O–H groups in total. The van der Waals surface area contributed by atoms with Gasteiger partial charge in [-0.15, -0.1) is 0 Å². The number of benzene rings is 1. The van der Waals surface area contributed by atoms with Crippen LogP contribution in [0.1, 0.15) is 204 Å². The van der Waals surface area contributed by atoms with Crippen LogP contribution in [0.25, 0.3) is 0 Å². The van der Waals surface area contributed by atoms with Crippen molar-refractivity contribution in [1.82, 2.24) is 58.1 Å². The molecule has 1 aromatic rings. The summed E-state index contributed by atoms with van der Waals surface area (Å²) in [5.74, 6) is -10.5. The number of amides is 9. The van der Waals surface area contributed by atoms with Gasteiger partial charge in [0, 0.05) is 161 Å². The molecule has 748 valence electrons. The molecule has 0 radical (unpaired) electrons. The van der Waals surface area contributed by atoms with E-state index in [0.717, 1.165) is 67.9 Å². The van der Waals surface area contributed by atoms with Crippen LogP contribution in [0.5, 0.6) is 0 Å². The number of carbonyl (C=O) groups is 19. The van der Waals surface area contributed by atoms with Crippen LogP contribution in [0.4, 0.5) is 4.79 Å². The van der Waals surface area contributed by atoms with Crippen molar-refractivity contribution in [2.75, 3.05) is 92.0 Å². The van der Waals surface area contributed by atoms with Gasteiger partial charge in [0.1, 0.15) is 69.0 Å². The summed E-state index contributed by atoms with van der Waals surface area (Å²) in [4.78, 5) is 242. The Hall–Kier alpha value is -11.2. The zero-order valence-corrected chi connectivity index (χ0v) is 77.8. The first-order valence-electron chi connectivity index (χ1n) is 44.7. The van der Waals surface area contributed by atoms with Crippen LogP contribution in [-0.2, 0) is 169 Å². The van der Waals surface area contributed by atoms with E-state index in [1.165, 1.54) is 25.7 Å². The minimum absolute atomic E-state index is 0.00333. The summed E-state index contributed by atoms with van der Waals surface area (Å²) in [6.45, 7) is 12.7. The molecule has 17 atom stereocenters. The Morgan fingerprint density at radius 2 is 0.684 bits per heavy atom. The second-order valence-electron chi connectivity index (χ2n) is 31.7. The van der Waals surface area contributed by atoms with E-state index >= 15 is 0 Å². The highest BCUT2D eigenvalue weighted by Crippen LogP contribution is 2.32. The molecule has 0 bridgehead atoms. The van der Waals surface area contributed by atoms with Crippen molar-refractivity contribution < 1.29 is 167 Å². The van der Waals surface area contributed by atoms with Gasteiger partial charge in [0.15, 0.2) is 61.8 Å². The lowest BCUT2D eigenvalue weighted by molar-refractivity contribution is -0.277. The van der Waals surface area contributed by atoms with Crippen LogP contribution < -0.4 is 53.2 Å². The Morgan fingerprint density at radius 1 is 0.353 bits per heavy atom. The molecule has 17 unspecified atom stereocenters. The molecular formula is C87H135N11O35. The highest BCUT2D eigenvalue weighted by atomic mass is 16.7. The molecular weight excluding hydrogens is 1760 g/mol. The topological polar surface area (TPSA) is 596 Å². The van der Waals surface area contributed by atoms with Gasteiger partial charge in [-0.25, -0.2) is 4.79 Å². The molecule has 3 saturated heterocycles. The van der Waals surface area contributed by atoms with E-state index in [1.54, 1.807) is 24.3 Å². The number of esters is 9. The van der Waals surface area contributed by atoms with Crippen LogP contribution in [0.15, 0.2) is 30.3 Å². The van der Waals surface area contributed by atoms with Gasteiger partial charge in [-0.2, -0.15) is 0 Å². The average molecular weight is 1900 g/mol. The SMILES string of the molecule is CC(=O)NC1C(OCCCCCC(=O)NCCCNC(=O)CN(C(C=O)NCCCNC(=O)CCCCCOC2OC(COC(C)=O)C(OC(C)=O)C(OC(C)=O)C2NC(C)=O)C(CCCCNC(=O)OCc2ccccc2)C(=O)NCCCNC(=O)CCCCCOC2OC(COC(C)=O)C(OC(C)=O)C(OC(C)=O)C2NC(C)=O)OC(COC(C)=O)C(OC(C)=O)C1OC(C)=O. The molecule has 0 spiro atoms. The van der Waals surface area contributed by atoms with Crippen LogP contribution in [0.3, 0.4) is 0 Å². The Bertz CT molecular complexity index is 3900. The molecule has 3 aliphatic rings. The van der Waals surface area contributed by atoms with E-state index in [1.807, 2.05) is 6.07 Å². The van der Waals surface area contributed by atoms with Gasteiger partial charge < -0.3 is 128 Å². The van der Waals surface area contributed by atoms with Gasteiger partial charge in [0.2, 0.25) is 47.3 Å². The number of unbranched alkanes of at least 4 members (excludes halogenated alkanes) is 7. The van der Waals surface area contributed by atoms with Gasteiger partial charge in [0.05, 0.1) is 12.6 Å². The molecule has 4 rings (SSSR count). The molecule has 3 heterocycles. The standard InChI is InChI=1S/C87H135N11O35/c1-52(100)95-74-80(128-61(10)109)77(125-58(7)106)66(49-121-55(4)103)131-84(74)118-43-24-14-19-33-70(112)89-38-27-37-88-69(47-99)98(46-73(115)92-41-28-39-90-71(113)34-20-15-25-44-119-85-75(96-53(2)101)81(129-62(11)110)78(126-59(8)107)67(132-85)50-122-56(5)104)65(32-22-23-36-94-87(117)124-48-64-30-17-13-18-31-64)83(116)93-42-29-40-91-72(114)35-21-16-26-45-120-86-76(97-54(3)102)82(130-63(12)111)79(127-60(9)108)68(133-86)51-123-57(6)105/h13,17-18,30-31,47,65-69,74-82,84-86,88H,14-16,19-29,32-46,48-51H2,1-12H3,(H,89,112)(H,90,113)(H,91,114)(H,92,115)(H,93,116)(H,94,117)(H,95,100)(H,96,101)(H,97,102). The van der Waals surface area contributed by atoms with E-state index in [2.05, 4.69) is 53.2 Å². The molecule has 0 aromatic heterocycles.